The topological polar surface area (TPSA) is 58.6 Å². The number of halogens is 1. The number of benzene rings is 1. The first-order valence-electron chi connectivity index (χ1n) is 8.36. The number of hydrogen-bond acceptors (Lipinski definition) is 5. The molecule has 2 aromatic rings. The van der Waals surface area contributed by atoms with Crippen LogP contribution >= 0.6 is 0 Å². The Balaban J connectivity index is 1.51. The molecule has 1 aromatic carbocycles. The second-order valence-corrected chi connectivity index (χ2v) is 6.00. The molecule has 1 amide bonds. The first-order chi connectivity index (χ1) is 12.1. The Morgan fingerprint density at radius 2 is 2.04 bits per heavy atom. The predicted molar refractivity (Wildman–Crippen MR) is 92.3 cm³/mol. The SMILES string of the molecule is CN(CCOc1cccc(F)c1)C(=O)c1ccc(N2CCCC2)nn1. The Hall–Kier alpha value is -2.70. The van der Waals surface area contributed by atoms with E-state index in [0.29, 0.717) is 18.0 Å². The third-order valence-electron chi connectivity index (χ3n) is 4.14. The molecular weight excluding hydrogens is 323 g/mol. The van der Waals surface area contributed by atoms with Gasteiger partial charge in [0.1, 0.15) is 18.2 Å². The van der Waals surface area contributed by atoms with Gasteiger partial charge in [-0.3, -0.25) is 4.79 Å². The van der Waals surface area contributed by atoms with Gasteiger partial charge in [0.05, 0.1) is 6.54 Å². The van der Waals surface area contributed by atoms with E-state index in [-0.39, 0.29) is 18.3 Å². The van der Waals surface area contributed by atoms with Crippen molar-refractivity contribution in [3.8, 4) is 5.75 Å². The molecule has 0 aliphatic carbocycles. The van der Waals surface area contributed by atoms with Crippen molar-refractivity contribution in [3.63, 3.8) is 0 Å². The summed E-state index contributed by atoms with van der Waals surface area (Å²) in [5.74, 6) is 0.681. The summed E-state index contributed by atoms with van der Waals surface area (Å²) in [5, 5.41) is 8.21. The molecule has 0 spiro atoms. The van der Waals surface area contributed by atoms with E-state index in [1.807, 2.05) is 6.07 Å². The van der Waals surface area contributed by atoms with Gasteiger partial charge >= 0.3 is 0 Å². The van der Waals surface area contributed by atoms with Crippen molar-refractivity contribution in [1.82, 2.24) is 15.1 Å². The van der Waals surface area contributed by atoms with E-state index in [1.54, 1.807) is 25.2 Å². The Morgan fingerprint density at radius 3 is 2.72 bits per heavy atom. The lowest BCUT2D eigenvalue weighted by Crippen LogP contribution is -2.31. The van der Waals surface area contributed by atoms with Crippen molar-refractivity contribution in [2.45, 2.75) is 12.8 Å². The molecule has 132 valence electrons. The number of hydrogen-bond donors (Lipinski definition) is 0. The largest absolute Gasteiger partial charge is 0.492 e. The number of carbonyl (C=O) groups is 1. The van der Waals surface area contributed by atoms with Crippen molar-refractivity contribution in [2.75, 3.05) is 38.2 Å². The van der Waals surface area contributed by atoms with Crippen molar-refractivity contribution >= 4 is 11.7 Å². The Morgan fingerprint density at radius 1 is 1.24 bits per heavy atom. The normalized spacial score (nSPS) is 13.8. The quantitative estimate of drug-likeness (QED) is 0.805. The van der Waals surface area contributed by atoms with Crippen molar-refractivity contribution in [2.24, 2.45) is 0 Å². The molecule has 0 atom stereocenters. The summed E-state index contributed by atoms with van der Waals surface area (Å²) in [5.41, 5.74) is 0.302. The predicted octanol–water partition coefficient (Wildman–Crippen LogP) is 2.37. The average Bonchev–Trinajstić information content (AvgIpc) is 3.16. The summed E-state index contributed by atoms with van der Waals surface area (Å²) in [4.78, 5) is 16.0. The molecule has 0 bridgehead atoms. The van der Waals surface area contributed by atoms with Crippen LogP contribution in [0.4, 0.5) is 10.2 Å². The van der Waals surface area contributed by atoms with Crippen molar-refractivity contribution in [1.29, 1.82) is 0 Å². The summed E-state index contributed by atoms with van der Waals surface area (Å²) in [7, 11) is 1.67. The van der Waals surface area contributed by atoms with Crippen molar-refractivity contribution in [3.05, 3.63) is 47.9 Å². The number of amides is 1. The Kier molecular flexibility index (Phi) is 5.42. The Labute approximate surface area is 146 Å². The summed E-state index contributed by atoms with van der Waals surface area (Å²) < 4.78 is 18.5. The zero-order valence-corrected chi connectivity index (χ0v) is 14.2. The summed E-state index contributed by atoms with van der Waals surface area (Å²) in [6, 6.07) is 9.46. The molecule has 1 saturated heterocycles. The van der Waals surface area contributed by atoms with E-state index in [2.05, 4.69) is 15.1 Å². The Bertz CT molecular complexity index is 717. The van der Waals surface area contributed by atoms with Crippen LogP contribution in [0.15, 0.2) is 36.4 Å². The van der Waals surface area contributed by atoms with Crippen LogP contribution in [0, 0.1) is 5.82 Å². The van der Waals surface area contributed by atoms with Crippen LogP contribution in [0.3, 0.4) is 0 Å². The zero-order chi connectivity index (χ0) is 17.6. The summed E-state index contributed by atoms with van der Waals surface area (Å²) in [6.45, 7) is 2.61. The molecule has 3 rings (SSSR count). The van der Waals surface area contributed by atoms with Gasteiger partial charge in [0.2, 0.25) is 0 Å². The van der Waals surface area contributed by atoms with E-state index in [9.17, 15) is 9.18 Å². The van der Waals surface area contributed by atoms with Gasteiger partial charge in [-0.2, -0.15) is 0 Å². The fourth-order valence-electron chi connectivity index (χ4n) is 2.71. The van der Waals surface area contributed by atoms with E-state index < -0.39 is 0 Å². The lowest BCUT2D eigenvalue weighted by atomic mass is 10.3. The van der Waals surface area contributed by atoms with Gasteiger partial charge in [0.25, 0.3) is 5.91 Å². The van der Waals surface area contributed by atoms with Gasteiger partial charge in [-0.1, -0.05) is 6.07 Å². The molecule has 2 heterocycles. The lowest BCUT2D eigenvalue weighted by molar-refractivity contribution is 0.0766. The maximum absolute atomic E-state index is 13.1. The minimum absolute atomic E-state index is 0.219. The molecule has 0 radical (unpaired) electrons. The zero-order valence-electron chi connectivity index (χ0n) is 14.2. The van der Waals surface area contributed by atoms with Crippen LogP contribution < -0.4 is 9.64 Å². The van der Waals surface area contributed by atoms with E-state index >= 15 is 0 Å². The molecule has 0 unspecified atom stereocenters. The third kappa shape index (κ3) is 4.43. The second-order valence-electron chi connectivity index (χ2n) is 6.00. The van der Waals surface area contributed by atoms with Crippen LogP contribution in [-0.4, -0.2) is 54.3 Å². The van der Waals surface area contributed by atoms with Gasteiger partial charge < -0.3 is 14.5 Å². The van der Waals surface area contributed by atoms with E-state index in [4.69, 9.17) is 4.74 Å². The van der Waals surface area contributed by atoms with Crippen LogP contribution in [0.2, 0.25) is 0 Å². The molecular formula is C18H21FN4O2. The molecule has 0 N–H and O–H groups in total. The van der Waals surface area contributed by atoms with Crippen LogP contribution in [0.1, 0.15) is 23.3 Å². The number of carbonyl (C=O) groups excluding carboxylic acids is 1. The summed E-state index contributed by atoms with van der Waals surface area (Å²) >= 11 is 0. The maximum atomic E-state index is 13.1. The smallest absolute Gasteiger partial charge is 0.274 e. The number of anilines is 1. The van der Waals surface area contributed by atoms with Gasteiger partial charge in [0, 0.05) is 26.2 Å². The van der Waals surface area contributed by atoms with Gasteiger partial charge in [-0.15, -0.1) is 10.2 Å². The molecule has 1 aliphatic heterocycles. The molecule has 7 heteroatoms. The van der Waals surface area contributed by atoms with Crippen LogP contribution in [0.25, 0.3) is 0 Å². The fraction of sp³-hybridized carbons (Fsp3) is 0.389. The molecule has 25 heavy (non-hydrogen) atoms. The second kappa shape index (κ2) is 7.92. The van der Waals surface area contributed by atoms with Crippen LogP contribution in [0.5, 0.6) is 5.75 Å². The molecule has 1 fully saturated rings. The highest BCUT2D eigenvalue weighted by Crippen LogP contribution is 2.17. The van der Waals surface area contributed by atoms with Gasteiger partial charge in [-0.05, 0) is 37.1 Å². The molecule has 0 saturated carbocycles. The van der Waals surface area contributed by atoms with Gasteiger partial charge in [-0.25, -0.2) is 4.39 Å². The van der Waals surface area contributed by atoms with E-state index in [0.717, 1.165) is 31.7 Å². The lowest BCUT2D eigenvalue weighted by Gasteiger charge is -2.18. The summed E-state index contributed by atoms with van der Waals surface area (Å²) in [6.07, 6.45) is 2.33. The molecule has 1 aliphatic rings. The van der Waals surface area contributed by atoms with Gasteiger partial charge in [0.15, 0.2) is 11.5 Å². The highest BCUT2D eigenvalue weighted by Gasteiger charge is 2.17. The number of ether oxygens (including phenoxy) is 1. The van der Waals surface area contributed by atoms with Crippen molar-refractivity contribution < 1.29 is 13.9 Å². The first kappa shape index (κ1) is 17.1. The fourth-order valence-corrected chi connectivity index (χ4v) is 2.71. The number of likely N-dealkylation sites (N-methyl/N-ethyl adjacent to an activating group) is 1. The van der Waals surface area contributed by atoms with Crippen LogP contribution in [-0.2, 0) is 0 Å². The minimum Gasteiger partial charge on any atom is -0.492 e. The minimum atomic E-state index is -0.352. The molecule has 6 nitrogen and oxygen atoms in total. The number of aromatic nitrogens is 2. The highest BCUT2D eigenvalue weighted by atomic mass is 19.1. The number of rotatable bonds is 6. The van der Waals surface area contributed by atoms with E-state index in [1.165, 1.54) is 17.0 Å². The average molecular weight is 344 g/mol. The maximum Gasteiger partial charge on any atom is 0.274 e. The first-order valence-corrected chi connectivity index (χ1v) is 8.36. The standard InChI is InChI=1S/C18H21FN4O2/c1-22(11-12-25-15-6-4-5-14(19)13-15)18(24)16-7-8-17(21-20-16)23-9-2-3-10-23/h4-8,13H,2-3,9-12H2,1H3. The number of nitrogens with zero attached hydrogens (tertiary/aromatic N) is 4. The molecule has 1 aromatic heterocycles. The monoisotopic (exact) mass is 344 g/mol. The highest BCUT2D eigenvalue weighted by molar-refractivity contribution is 5.92. The third-order valence-corrected chi connectivity index (χ3v) is 4.14.